The van der Waals surface area contributed by atoms with Gasteiger partial charge in [-0.05, 0) is 37.6 Å². The molecule has 2 aromatic rings. The normalized spacial score (nSPS) is 10.6. The zero-order valence-electron chi connectivity index (χ0n) is 14.1. The summed E-state index contributed by atoms with van der Waals surface area (Å²) in [4.78, 5) is 26.9. The van der Waals surface area contributed by atoms with Gasteiger partial charge in [-0.3, -0.25) is 14.5 Å². The van der Waals surface area contributed by atoms with E-state index < -0.39 is 0 Å². The molecule has 0 atom stereocenters. The first-order valence-electron chi connectivity index (χ1n) is 7.65. The van der Waals surface area contributed by atoms with E-state index in [1.807, 2.05) is 30.5 Å². The summed E-state index contributed by atoms with van der Waals surface area (Å²) in [7, 11) is 1.71. The molecule has 2 rings (SSSR count). The largest absolute Gasteiger partial charge is 0.324 e. The molecule has 0 aliphatic rings. The summed E-state index contributed by atoms with van der Waals surface area (Å²) in [5, 5.41) is 6.08. The fourth-order valence-corrected chi connectivity index (χ4v) is 2.97. The first-order valence-corrected chi connectivity index (χ1v) is 9.25. The monoisotopic (exact) mass is 377 g/mol. The van der Waals surface area contributed by atoms with Gasteiger partial charge in [0, 0.05) is 4.90 Å². The molecule has 132 valence electrons. The molecule has 2 aromatic carbocycles. The summed E-state index contributed by atoms with van der Waals surface area (Å²) >= 11 is 7.58. The Labute approximate surface area is 156 Å². The Balaban J connectivity index is 1.85. The van der Waals surface area contributed by atoms with Gasteiger partial charge in [-0.25, -0.2) is 0 Å². The van der Waals surface area contributed by atoms with Crippen LogP contribution >= 0.6 is 23.4 Å². The number of hydrogen-bond donors (Lipinski definition) is 2. The third-order valence-corrected chi connectivity index (χ3v) is 4.48. The van der Waals surface area contributed by atoms with Crippen molar-refractivity contribution in [2.75, 3.05) is 37.0 Å². The lowest BCUT2D eigenvalue weighted by Crippen LogP contribution is -2.36. The average Bonchev–Trinajstić information content (AvgIpc) is 2.57. The predicted molar refractivity (Wildman–Crippen MR) is 104 cm³/mol. The number of likely N-dealkylation sites (N-methyl/N-ethyl adjacent to an activating group) is 1. The zero-order chi connectivity index (χ0) is 18.2. The van der Waals surface area contributed by atoms with E-state index >= 15 is 0 Å². The van der Waals surface area contributed by atoms with Crippen LogP contribution in [0.3, 0.4) is 0 Å². The van der Waals surface area contributed by atoms with Gasteiger partial charge in [0.1, 0.15) is 0 Å². The highest BCUT2D eigenvalue weighted by Crippen LogP contribution is 2.24. The van der Waals surface area contributed by atoms with Gasteiger partial charge in [0.25, 0.3) is 0 Å². The van der Waals surface area contributed by atoms with Crippen molar-refractivity contribution in [1.29, 1.82) is 0 Å². The Kier molecular flexibility index (Phi) is 7.31. The Morgan fingerprint density at radius 3 is 2.08 bits per heavy atom. The minimum absolute atomic E-state index is 0.0861. The van der Waals surface area contributed by atoms with Gasteiger partial charge in [-0.1, -0.05) is 35.9 Å². The third-order valence-electron chi connectivity index (χ3n) is 3.36. The van der Waals surface area contributed by atoms with Crippen molar-refractivity contribution in [2.45, 2.75) is 4.90 Å². The topological polar surface area (TPSA) is 61.4 Å². The molecule has 0 fully saturated rings. The summed E-state index contributed by atoms with van der Waals surface area (Å²) in [6.45, 7) is 0.196. The van der Waals surface area contributed by atoms with E-state index in [4.69, 9.17) is 11.6 Å². The predicted octanol–water partition coefficient (Wildman–Crippen LogP) is 3.57. The van der Waals surface area contributed by atoms with Crippen molar-refractivity contribution < 1.29 is 9.59 Å². The Bertz CT molecular complexity index is 755. The van der Waals surface area contributed by atoms with Gasteiger partial charge in [0.05, 0.1) is 29.5 Å². The van der Waals surface area contributed by atoms with E-state index in [1.54, 1.807) is 48.0 Å². The molecule has 0 radical (unpaired) electrons. The molecule has 2 N–H and O–H groups in total. The first kappa shape index (κ1) is 19.3. The molecule has 0 aliphatic heterocycles. The summed E-state index contributed by atoms with van der Waals surface area (Å²) in [6.07, 6.45) is 1.95. The lowest BCUT2D eigenvalue weighted by atomic mass is 10.3. The SMILES string of the molecule is CSc1ccccc1NC(=O)CN(C)CC(=O)Nc1ccccc1Cl. The van der Waals surface area contributed by atoms with Gasteiger partial charge in [0.2, 0.25) is 11.8 Å². The molecule has 0 aliphatic carbocycles. The van der Waals surface area contributed by atoms with Crippen LogP contribution in [0.15, 0.2) is 53.4 Å². The number of para-hydroxylation sites is 2. The van der Waals surface area contributed by atoms with Crippen LogP contribution in [-0.4, -0.2) is 43.1 Å². The molecule has 0 saturated carbocycles. The number of anilines is 2. The number of hydrogen-bond acceptors (Lipinski definition) is 4. The van der Waals surface area contributed by atoms with Crippen LogP contribution in [0.5, 0.6) is 0 Å². The van der Waals surface area contributed by atoms with E-state index in [0.29, 0.717) is 10.7 Å². The van der Waals surface area contributed by atoms with Crippen molar-refractivity contribution in [3.63, 3.8) is 0 Å². The number of rotatable bonds is 7. The Morgan fingerprint density at radius 1 is 0.960 bits per heavy atom. The number of nitrogens with zero attached hydrogens (tertiary/aromatic N) is 1. The molecular weight excluding hydrogens is 358 g/mol. The summed E-state index contributed by atoms with van der Waals surface area (Å²) in [5.74, 6) is -0.401. The Hall–Kier alpha value is -2.02. The van der Waals surface area contributed by atoms with E-state index in [9.17, 15) is 9.59 Å². The smallest absolute Gasteiger partial charge is 0.238 e. The second-order valence-corrected chi connectivity index (χ2v) is 6.70. The zero-order valence-corrected chi connectivity index (χ0v) is 15.7. The van der Waals surface area contributed by atoms with Crippen LogP contribution in [0.1, 0.15) is 0 Å². The van der Waals surface area contributed by atoms with Gasteiger partial charge >= 0.3 is 0 Å². The van der Waals surface area contributed by atoms with Gasteiger partial charge in [-0.15, -0.1) is 11.8 Å². The molecule has 0 unspecified atom stereocenters. The van der Waals surface area contributed by atoms with Crippen molar-refractivity contribution in [3.8, 4) is 0 Å². The Morgan fingerprint density at radius 2 is 1.48 bits per heavy atom. The number of benzene rings is 2. The second kappa shape index (κ2) is 9.46. The molecule has 0 bridgehead atoms. The van der Waals surface area contributed by atoms with Crippen molar-refractivity contribution >= 4 is 46.6 Å². The maximum absolute atomic E-state index is 12.2. The van der Waals surface area contributed by atoms with Crippen LogP contribution in [-0.2, 0) is 9.59 Å². The number of thioether (sulfide) groups is 1. The van der Waals surface area contributed by atoms with Crippen molar-refractivity contribution in [3.05, 3.63) is 53.6 Å². The average molecular weight is 378 g/mol. The number of amides is 2. The van der Waals surface area contributed by atoms with E-state index in [-0.39, 0.29) is 24.9 Å². The molecule has 0 spiro atoms. The highest BCUT2D eigenvalue weighted by atomic mass is 35.5. The van der Waals surface area contributed by atoms with Crippen LogP contribution in [0, 0.1) is 0 Å². The molecule has 0 aromatic heterocycles. The summed E-state index contributed by atoms with van der Waals surface area (Å²) in [5.41, 5.74) is 1.33. The standard InChI is InChI=1S/C18H20ClN3O2S/c1-22(11-17(23)20-14-8-4-3-7-13(14)19)12-18(24)21-15-9-5-6-10-16(15)25-2/h3-10H,11-12H2,1-2H3,(H,20,23)(H,21,24). The molecule has 5 nitrogen and oxygen atoms in total. The highest BCUT2D eigenvalue weighted by Gasteiger charge is 2.13. The fourth-order valence-electron chi connectivity index (χ4n) is 2.24. The molecule has 7 heteroatoms. The van der Waals surface area contributed by atoms with Crippen LogP contribution in [0.2, 0.25) is 5.02 Å². The minimum atomic E-state index is -0.229. The summed E-state index contributed by atoms with van der Waals surface area (Å²) in [6, 6.07) is 14.6. The maximum Gasteiger partial charge on any atom is 0.238 e. The molecule has 0 saturated heterocycles. The number of halogens is 1. The number of nitrogens with one attached hydrogen (secondary N) is 2. The second-order valence-electron chi connectivity index (χ2n) is 5.45. The van der Waals surface area contributed by atoms with E-state index in [2.05, 4.69) is 10.6 Å². The van der Waals surface area contributed by atoms with Crippen LogP contribution in [0.25, 0.3) is 0 Å². The van der Waals surface area contributed by atoms with Crippen LogP contribution in [0.4, 0.5) is 11.4 Å². The maximum atomic E-state index is 12.2. The highest BCUT2D eigenvalue weighted by molar-refractivity contribution is 7.98. The fraction of sp³-hybridized carbons (Fsp3) is 0.222. The quantitative estimate of drug-likeness (QED) is 0.724. The number of carbonyl (C=O) groups is 2. The van der Waals surface area contributed by atoms with Gasteiger partial charge in [-0.2, -0.15) is 0 Å². The van der Waals surface area contributed by atoms with Gasteiger partial charge in [0.15, 0.2) is 0 Å². The van der Waals surface area contributed by atoms with Crippen molar-refractivity contribution in [2.24, 2.45) is 0 Å². The van der Waals surface area contributed by atoms with E-state index in [0.717, 1.165) is 10.6 Å². The third kappa shape index (κ3) is 6.08. The van der Waals surface area contributed by atoms with Crippen LogP contribution < -0.4 is 10.6 Å². The first-order chi connectivity index (χ1) is 12.0. The number of carbonyl (C=O) groups excluding carboxylic acids is 2. The van der Waals surface area contributed by atoms with E-state index in [1.165, 1.54) is 0 Å². The molecule has 2 amide bonds. The minimum Gasteiger partial charge on any atom is -0.324 e. The molecule has 25 heavy (non-hydrogen) atoms. The lowest BCUT2D eigenvalue weighted by molar-refractivity contribution is -0.119. The molecule has 0 heterocycles. The summed E-state index contributed by atoms with van der Waals surface area (Å²) < 4.78 is 0. The van der Waals surface area contributed by atoms with Gasteiger partial charge < -0.3 is 10.6 Å². The molecular formula is C18H20ClN3O2S. The lowest BCUT2D eigenvalue weighted by Gasteiger charge is -2.17. The van der Waals surface area contributed by atoms with Crippen molar-refractivity contribution in [1.82, 2.24) is 4.90 Å².